The Hall–Kier alpha value is -2.07. The molecular formula is C19H20Cl2N6. The van der Waals surface area contributed by atoms with E-state index >= 15 is 0 Å². The fourth-order valence-corrected chi connectivity index (χ4v) is 4.84. The molecule has 8 heteroatoms. The van der Waals surface area contributed by atoms with E-state index in [1.165, 1.54) is 0 Å². The van der Waals surface area contributed by atoms with E-state index in [-0.39, 0.29) is 29.1 Å². The first-order valence-corrected chi connectivity index (χ1v) is 9.65. The number of nitrogens with zero attached hydrogens (tertiary/aromatic N) is 4. The van der Waals surface area contributed by atoms with Gasteiger partial charge < -0.3 is 16.4 Å². The molecule has 1 aromatic carbocycles. The van der Waals surface area contributed by atoms with Gasteiger partial charge in [0.1, 0.15) is 11.8 Å². The molecular weight excluding hydrogens is 383 g/mol. The molecule has 6 nitrogen and oxygen atoms in total. The highest BCUT2D eigenvalue weighted by molar-refractivity contribution is 6.43. The summed E-state index contributed by atoms with van der Waals surface area (Å²) in [6.45, 7) is 2.09. The first-order valence-electron chi connectivity index (χ1n) is 8.90. The number of nitrogens with two attached hydrogens (primary N) is 2. The molecule has 2 bridgehead atoms. The van der Waals surface area contributed by atoms with E-state index < -0.39 is 0 Å². The van der Waals surface area contributed by atoms with Crippen molar-refractivity contribution in [2.45, 2.75) is 50.2 Å². The van der Waals surface area contributed by atoms with Gasteiger partial charge in [0.2, 0.25) is 0 Å². The lowest BCUT2D eigenvalue weighted by atomic mass is 9.85. The normalized spacial score (nSPS) is 26.9. The average molecular weight is 403 g/mol. The molecule has 2 aliphatic rings. The minimum Gasteiger partial charge on any atom is -0.382 e. The number of fused-ring (bicyclic) bond motifs is 2. The molecule has 0 aliphatic carbocycles. The first-order chi connectivity index (χ1) is 12.8. The molecule has 0 radical (unpaired) electrons. The van der Waals surface area contributed by atoms with Gasteiger partial charge in [-0.1, -0.05) is 35.3 Å². The molecule has 2 saturated heterocycles. The second-order valence-electron chi connectivity index (χ2n) is 7.70. The molecule has 1 aromatic heterocycles. The summed E-state index contributed by atoms with van der Waals surface area (Å²) in [4.78, 5) is 11.3. The summed E-state index contributed by atoms with van der Waals surface area (Å²) in [6, 6.07) is 7.89. The van der Waals surface area contributed by atoms with Crippen molar-refractivity contribution in [2.75, 3.05) is 10.6 Å². The number of rotatable bonds is 2. The van der Waals surface area contributed by atoms with Crippen molar-refractivity contribution in [1.82, 2.24) is 9.97 Å². The minimum atomic E-state index is -0.192. The number of nitriles is 1. The molecule has 2 aromatic rings. The fourth-order valence-electron chi connectivity index (χ4n) is 4.45. The van der Waals surface area contributed by atoms with Gasteiger partial charge in [-0.25, -0.2) is 9.97 Å². The van der Waals surface area contributed by atoms with E-state index in [2.05, 4.69) is 27.9 Å². The monoisotopic (exact) mass is 402 g/mol. The number of hydrogen-bond acceptors (Lipinski definition) is 6. The van der Waals surface area contributed by atoms with Gasteiger partial charge in [-0.3, -0.25) is 0 Å². The Morgan fingerprint density at radius 1 is 1.22 bits per heavy atom. The van der Waals surface area contributed by atoms with E-state index in [4.69, 9.17) is 34.7 Å². The molecule has 27 heavy (non-hydrogen) atoms. The second kappa shape index (κ2) is 6.52. The van der Waals surface area contributed by atoms with Crippen molar-refractivity contribution < 1.29 is 0 Å². The van der Waals surface area contributed by atoms with Gasteiger partial charge in [0.05, 0.1) is 10.0 Å². The van der Waals surface area contributed by atoms with Crippen LogP contribution in [0, 0.1) is 11.3 Å². The highest BCUT2D eigenvalue weighted by Crippen LogP contribution is 2.43. The van der Waals surface area contributed by atoms with Gasteiger partial charge in [-0.15, -0.1) is 0 Å². The van der Waals surface area contributed by atoms with E-state index in [1.54, 1.807) is 18.2 Å². The zero-order valence-corrected chi connectivity index (χ0v) is 16.4. The summed E-state index contributed by atoms with van der Waals surface area (Å²) in [7, 11) is 0. The van der Waals surface area contributed by atoms with Crippen LogP contribution >= 0.6 is 23.2 Å². The molecule has 4 N–H and O–H groups in total. The van der Waals surface area contributed by atoms with E-state index in [0.29, 0.717) is 27.1 Å². The Labute approximate surface area is 168 Å². The van der Waals surface area contributed by atoms with Gasteiger partial charge in [0.15, 0.2) is 17.3 Å². The van der Waals surface area contributed by atoms with Gasteiger partial charge in [0, 0.05) is 23.2 Å². The molecule has 2 atom stereocenters. The maximum Gasteiger partial charge on any atom is 0.183 e. The molecule has 2 aliphatic heterocycles. The van der Waals surface area contributed by atoms with Crippen LogP contribution in [0.3, 0.4) is 0 Å². The van der Waals surface area contributed by atoms with Crippen LogP contribution in [0.4, 0.5) is 11.6 Å². The first kappa shape index (κ1) is 18.3. The van der Waals surface area contributed by atoms with Crippen LogP contribution in [-0.2, 0) is 0 Å². The third-order valence-electron chi connectivity index (χ3n) is 5.49. The van der Waals surface area contributed by atoms with E-state index in [1.807, 2.05) is 0 Å². The largest absolute Gasteiger partial charge is 0.382 e. The van der Waals surface area contributed by atoms with Crippen molar-refractivity contribution in [3.05, 3.63) is 33.9 Å². The van der Waals surface area contributed by atoms with E-state index in [0.717, 1.165) is 25.7 Å². The van der Waals surface area contributed by atoms with Crippen molar-refractivity contribution in [2.24, 2.45) is 5.73 Å². The Morgan fingerprint density at radius 3 is 2.52 bits per heavy atom. The summed E-state index contributed by atoms with van der Waals surface area (Å²) >= 11 is 12.4. The maximum absolute atomic E-state index is 9.73. The lowest BCUT2D eigenvalue weighted by molar-refractivity contribution is 0.305. The molecule has 4 rings (SSSR count). The molecule has 0 saturated carbocycles. The molecule has 0 spiro atoms. The number of aromatic nitrogens is 2. The Bertz CT molecular complexity index is 936. The smallest absolute Gasteiger partial charge is 0.183 e. The number of anilines is 2. The standard InChI is InChI=1S/C19H20Cl2N6/c1-19(24)7-10-5-6-11(8-19)27(10)18-14(9-22)25-16(17(23)26-18)12-3-2-4-13(20)15(12)21/h2-4,10-11H,5-8,24H2,1H3,(H2,23,26). The van der Waals surface area contributed by atoms with Crippen LogP contribution < -0.4 is 16.4 Å². The quantitative estimate of drug-likeness (QED) is 0.791. The Kier molecular flexibility index (Phi) is 4.42. The zero-order valence-electron chi connectivity index (χ0n) is 14.9. The molecule has 0 amide bonds. The maximum atomic E-state index is 9.73. The van der Waals surface area contributed by atoms with Crippen molar-refractivity contribution in [3.63, 3.8) is 0 Å². The van der Waals surface area contributed by atoms with Crippen LogP contribution in [-0.4, -0.2) is 27.6 Å². The molecule has 3 heterocycles. The summed E-state index contributed by atoms with van der Waals surface area (Å²) in [5.41, 5.74) is 13.6. The van der Waals surface area contributed by atoms with Crippen LogP contribution in [0.5, 0.6) is 0 Å². The summed E-state index contributed by atoms with van der Waals surface area (Å²) in [5.74, 6) is 0.772. The third-order valence-corrected chi connectivity index (χ3v) is 6.30. The summed E-state index contributed by atoms with van der Waals surface area (Å²) in [5, 5.41) is 10.5. The number of nitrogen functional groups attached to an aromatic ring is 1. The number of halogens is 2. The Morgan fingerprint density at radius 2 is 1.89 bits per heavy atom. The van der Waals surface area contributed by atoms with Gasteiger partial charge >= 0.3 is 0 Å². The third kappa shape index (κ3) is 3.10. The lowest BCUT2D eigenvalue weighted by Gasteiger charge is -2.43. The minimum absolute atomic E-state index is 0.192. The second-order valence-corrected chi connectivity index (χ2v) is 8.48. The lowest BCUT2D eigenvalue weighted by Crippen LogP contribution is -2.54. The van der Waals surface area contributed by atoms with Crippen molar-refractivity contribution >= 4 is 34.8 Å². The molecule has 140 valence electrons. The van der Waals surface area contributed by atoms with Crippen molar-refractivity contribution in [1.29, 1.82) is 5.26 Å². The van der Waals surface area contributed by atoms with Crippen LogP contribution in [0.1, 0.15) is 38.3 Å². The Balaban J connectivity index is 1.80. The zero-order chi connectivity index (χ0) is 19.3. The van der Waals surface area contributed by atoms with Gasteiger partial charge in [-0.2, -0.15) is 5.26 Å². The molecule has 2 fully saturated rings. The SMILES string of the molecule is CC1(N)CC2CCC(C1)N2c1nc(N)c(-c2cccc(Cl)c2Cl)nc1C#N. The van der Waals surface area contributed by atoms with E-state index in [9.17, 15) is 5.26 Å². The summed E-state index contributed by atoms with van der Waals surface area (Å²) < 4.78 is 0. The number of hydrogen-bond donors (Lipinski definition) is 2. The topological polar surface area (TPSA) is 105 Å². The predicted molar refractivity (Wildman–Crippen MR) is 108 cm³/mol. The van der Waals surface area contributed by atoms with Gasteiger partial charge in [0.25, 0.3) is 0 Å². The number of piperidine rings is 1. The fraction of sp³-hybridized carbons (Fsp3) is 0.421. The predicted octanol–water partition coefficient (Wildman–Crippen LogP) is 3.75. The van der Waals surface area contributed by atoms with Crippen LogP contribution in [0.2, 0.25) is 10.0 Å². The highest BCUT2D eigenvalue weighted by Gasteiger charge is 2.46. The average Bonchev–Trinajstić information content (AvgIpc) is 2.89. The summed E-state index contributed by atoms with van der Waals surface area (Å²) in [6.07, 6.45) is 3.78. The highest BCUT2D eigenvalue weighted by atomic mass is 35.5. The number of benzene rings is 1. The van der Waals surface area contributed by atoms with Gasteiger partial charge in [-0.05, 0) is 38.7 Å². The van der Waals surface area contributed by atoms with Crippen LogP contribution in [0.25, 0.3) is 11.3 Å². The van der Waals surface area contributed by atoms with Crippen molar-refractivity contribution in [3.8, 4) is 17.3 Å². The molecule has 2 unspecified atom stereocenters. The van der Waals surface area contributed by atoms with Crippen LogP contribution in [0.15, 0.2) is 18.2 Å².